The molecule has 0 spiro atoms. The average molecular weight is 221 g/mol. The van der Waals surface area contributed by atoms with Gasteiger partial charge < -0.3 is 15.3 Å². The monoisotopic (exact) mass is 221 g/mol. The Bertz CT molecular complexity index is 406. The van der Waals surface area contributed by atoms with Crippen molar-refractivity contribution in [2.45, 2.75) is 12.6 Å². The van der Waals surface area contributed by atoms with E-state index in [-0.39, 0.29) is 0 Å². The number of pyridine rings is 1. The van der Waals surface area contributed by atoms with Crippen LogP contribution in [0, 0.1) is 0 Å². The van der Waals surface area contributed by atoms with Crippen molar-refractivity contribution >= 4 is 5.69 Å². The first-order chi connectivity index (χ1) is 7.72. The molecule has 16 heavy (non-hydrogen) atoms. The topological polar surface area (TPSA) is 57.6 Å². The normalized spacial score (nSPS) is 17.2. The van der Waals surface area contributed by atoms with Gasteiger partial charge in [0, 0.05) is 30.9 Å². The standard InChI is InChI=1S/C11H15N3O2/c1-14-7-9-8(11(15)3-4-16-2)5-12-6-10(9)13-14/h3-6,11,13,15H,7H2,1-2H3. The maximum Gasteiger partial charge on any atom is 0.102 e. The zero-order chi connectivity index (χ0) is 11.5. The maximum atomic E-state index is 9.95. The van der Waals surface area contributed by atoms with E-state index >= 15 is 0 Å². The number of aliphatic hydroxyl groups is 1. The van der Waals surface area contributed by atoms with Crippen LogP contribution in [0.15, 0.2) is 24.7 Å². The molecule has 0 aliphatic carbocycles. The highest BCUT2D eigenvalue weighted by Gasteiger charge is 2.21. The summed E-state index contributed by atoms with van der Waals surface area (Å²) in [7, 11) is 3.49. The summed E-state index contributed by atoms with van der Waals surface area (Å²) in [6, 6.07) is 0. The Morgan fingerprint density at radius 1 is 1.62 bits per heavy atom. The Labute approximate surface area is 94.3 Å². The Morgan fingerprint density at radius 2 is 2.44 bits per heavy atom. The van der Waals surface area contributed by atoms with Gasteiger partial charge in [-0.15, -0.1) is 0 Å². The third kappa shape index (κ3) is 2.00. The van der Waals surface area contributed by atoms with Crippen LogP contribution in [0.3, 0.4) is 0 Å². The number of hydrogen-bond acceptors (Lipinski definition) is 5. The summed E-state index contributed by atoms with van der Waals surface area (Å²) < 4.78 is 4.79. The highest BCUT2D eigenvalue weighted by molar-refractivity contribution is 5.55. The molecule has 1 aliphatic rings. The molecule has 0 saturated heterocycles. The highest BCUT2D eigenvalue weighted by Crippen LogP contribution is 2.30. The van der Waals surface area contributed by atoms with Gasteiger partial charge in [0.1, 0.15) is 6.10 Å². The number of fused-ring (bicyclic) bond motifs is 1. The van der Waals surface area contributed by atoms with Crippen LogP contribution in [0.25, 0.3) is 0 Å². The van der Waals surface area contributed by atoms with Crippen LogP contribution in [0.4, 0.5) is 5.69 Å². The lowest BCUT2D eigenvalue weighted by molar-refractivity contribution is 0.219. The van der Waals surface area contributed by atoms with Crippen LogP contribution in [-0.2, 0) is 11.3 Å². The van der Waals surface area contributed by atoms with Crippen molar-refractivity contribution in [2.24, 2.45) is 0 Å². The smallest absolute Gasteiger partial charge is 0.102 e. The SMILES string of the molecule is COC=CC(O)c1cncc2c1CN(C)N2. The molecule has 5 heteroatoms. The van der Waals surface area contributed by atoms with Crippen molar-refractivity contribution in [2.75, 3.05) is 19.6 Å². The van der Waals surface area contributed by atoms with E-state index in [4.69, 9.17) is 4.74 Å². The summed E-state index contributed by atoms with van der Waals surface area (Å²) in [5, 5.41) is 11.9. The van der Waals surface area contributed by atoms with Crippen molar-refractivity contribution in [3.63, 3.8) is 0 Å². The van der Waals surface area contributed by atoms with E-state index in [0.29, 0.717) is 0 Å². The lowest BCUT2D eigenvalue weighted by atomic mass is 10.0. The fourth-order valence-electron chi connectivity index (χ4n) is 1.77. The predicted molar refractivity (Wildman–Crippen MR) is 60.4 cm³/mol. The van der Waals surface area contributed by atoms with E-state index in [1.54, 1.807) is 25.6 Å². The summed E-state index contributed by atoms with van der Waals surface area (Å²) in [5.74, 6) is 0. The lowest BCUT2D eigenvalue weighted by Gasteiger charge is -2.09. The van der Waals surface area contributed by atoms with Gasteiger partial charge in [0.25, 0.3) is 0 Å². The number of nitrogens with zero attached hydrogens (tertiary/aromatic N) is 2. The predicted octanol–water partition coefficient (Wildman–Crippen LogP) is 1.05. The molecule has 0 saturated carbocycles. The van der Waals surface area contributed by atoms with Gasteiger partial charge in [0.15, 0.2) is 0 Å². The minimum absolute atomic E-state index is 0.685. The van der Waals surface area contributed by atoms with Gasteiger partial charge >= 0.3 is 0 Å². The van der Waals surface area contributed by atoms with E-state index in [2.05, 4.69) is 10.4 Å². The molecule has 0 fully saturated rings. The molecular weight excluding hydrogens is 206 g/mol. The molecule has 1 aliphatic heterocycles. The molecule has 1 unspecified atom stereocenters. The zero-order valence-electron chi connectivity index (χ0n) is 9.34. The fourth-order valence-corrected chi connectivity index (χ4v) is 1.77. The number of aliphatic hydroxyl groups excluding tert-OH is 1. The molecule has 5 nitrogen and oxygen atoms in total. The van der Waals surface area contributed by atoms with Crippen molar-refractivity contribution in [1.29, 1.82) is 0 Å². The van der Waals surface area contributed by atoms with Gasteiger partial charge in [-0.25, -0.2) is 5.01 Å². The molecule has 1 aromatic rings. The first kappa shape index (κ1) is 10.9. The minimum Gasteiger partial charge on any atom is -0.505 e. The number of anilines is 1. The number of nitrogens with one attached hydrogen (secondary N) is 1. The molecule has 0 radical (unpaired) electrons. The van der Waals surface area contributed by atoms with E-state index in [0.717, 1.165) is 23.4 Å². The van der Waals surface area contributed by atoms with Crippen LogP contribution in [0.5, 0.6) is 0 Å². The second kappa shape index (κ2) is 4.51. The lowest BCUT2D eigenvalue weighted by Crippen LogP contribution is -2.16. The minimum atomic E-state index is -0.685. The molecule has 0 aromatic carbocycles. The number of hydrazine groups is 1. The second-order valence-electron chi connectivity index (χ2n) is 3.73. The number of ether oxygens (including phenoxy) is 1. The summed E-state index contributed by atoms with van der Waals surface area (Å²) in [6.45, 7) is 0.755. The largest absolute Gasteiger partial charge is 0.505 e. The molecule has 2 rings (SSSR count). The van der Waals surface area contributed by atoms with Crippen LogP contribution in [0.1, 0.15) is 17.2 Å². The summed E-state index contributed by atoms with van der Waals surface area (Å²) in [4.78, 5) is 4.10. The zero-order valence-corrected chi connectivity index (χ0v) is 9.34. The third-order valence-corrected chi connectivity index (χ3v) is 2.51. The van der Waals surface area contributed by atoms with Crippen molar-refractivity contribution in [3.05, 3.63) is 35.9 Å². The van der Waals surface area contributed by atoms with Gasteiger partial charge in [-0.1, -0.05) is 0 Å². The highest BCUT2D eigenvalue weighted by atomic mass is 16.5. The van der Waals surface area contributed by atoms with Crippen molar-refractivity contribution < 1.29 is 9.84 Å². The molecule has 1 atom stereocenters. The molecule has 2 heterocycles. The van der Waals surface area contributed by atoms with Gasteiger partial charge in [0.2, 0.25) is 0 Å². The summed E-state index contributed by atoms with van der Waals surface area (Å²) >= 11 is 0. The molecule has 2 N–H and O–H groups in total. The van der Waals surface area contributed by atoms with Crippen LogP contribution in [-0.4, -0.2) is 29.3 Å². The molecule has 0 bridgehead atoms. The Hall–Kier alpha value is -1.59. The Balaban J connectivity index is 2.29. The molecular formula is C11H15N3O2. The summed E-state index contributed by atoms with van der Waals surface area (Å²) in [6.07, 6.45) is 5.82. The van der Waals surface area contributed by atoms with Crippen LogP contribution < -0.4 is 5.43 Å². The third-order valence-electron chi connectivity index (χ3n) is 2.51. The number of rotatable bonds is 3. The van der Waals surface area contributed by atoms with E-state index in [1.807, 2.05) is 12.1 Å². The Morgan fingerprint density at radius 3 is 3.19 bits per heavy atom. The molecule has 0 amide bonds. The van der Waals surface area contributed by atoms with E-state index in [9.17, 15) is 5.11 Å². The van der Waals surface area contributed by atoms with Crippen molar-refractivity contribution in [1.82, 2.24) is 9.99 Å². The van der Waals surface area contributed by atoms with Gasteiger partial charge in [-0.2, -0.15) is 0 Å². The number of aromatic nitrogens is 1. The second-order valence-corrected chi connectivity index (χ2v) is 3.73. The van der Waals surface area contributed by atoms with Crippen molar-refractivity contribution in [3.8, 4) is 0 Å². The van der Waals surface area contributed by atoms with Crippen LogP contribution >= 0.6 is 0 Å². The quantitative estimate of drug-likeness (QED) is 0.747. The Kier molecular flexibility index (Phi) is 3.07. The first-order valence-electron chi connectivity index (χ1n) is 5.04. The maximum absolute atomic E-state index is 9.95. The van der Waals surface area contributed by atoms with Crippen LogP contribution in [0.2, 0.25) is 0 Å². The molecule has 1 aromatic heterocycles. The molecule has 86 valence electrons. The van der Waals surface area contributed by atoms with Gasteiger partial charge in [0.05, 0.1) is 25.3 Å². The first-order valence-corrected chi connectivity index (χ1v) is 5.04. The number of methoxy groups -OCH3 is 1. The van der Waals surface area contributed by atoms with E-state index < -0.39 is 6.10 Å². The summed E-state index contributed by atoms with van der Waals surface area (Å²) in [5.41, 5.74) is 5.98. The number of hydrogen-bond donors (Lipinski definition) is 2. The fraction of sp³-hybridized carbons (Fsp3) is 0.364. The van der Waals surface area contributed by atoms with Gasteiger partial charge in [-0.3, -0.25) is 4.98 Å². The average Bonchev–Trinajstić information content (AvgIpc) is 2.65. The van der Waals surface area contributed by atoms with Gasteiger partial charge in [-0.05, 0) is 6.08 Å². The van der Waals surface area contributed by atoms with E-state index in [1.165, 1.54) is 6.26 Å².